The van der Waals surface area contributed by atoms with Gasteiger partial charge in [-0.2, -0.15) is 13.2 Å². The average Bonchev–Trinajstić information content (AvgIpc) is 3.24. The summed E-state index contributed by atoms with van der Waals surface area (Å²) in [5.74, 6) is -0.244. The Bertz CT molecular complexity index is 886. The van der Waals surface area contributed by atoms with Crippen molar-refractivity contribution in [3.05, 3.63) is 41.5 Å². The van der Waals surface area contributed by atoms with Gasteiger partial charge in [0.05, 0.1) is 17.3 Å². The van der Waals surface area contributed by atoms with E-state index in [4.69, 9.17) is 0 Å². The minimum atomic E-state index is -4.51. The minimum absolute atomic E-state index is 0.0517. The standard InChI is InChI=1S/C20H24F3N5O/c1-19(2,3)17-11-27(26-25-17)15-8-13-5-6-14(9-15)28(13)18(29)12-4-7-16(24-10-12)20(21,22)23/h4,7,10-11,13-15H,5-6,8-9H2,1-3H3. The third-order valence-electron chi connectivity index (χ3n) is 5.90. The first kappa shape index (κ1) is 19.8. The van der Waals surface area contributed by atoms with Gasteiger partial charge in [0.15, 0.2) is 0 Å². The number of piperidine rings is 1. The summed E-state index contributed by atoms with van der Waals surface area (Å²) in [7, 11) is 0. The molecule has 0 spiro atoms. The van der Waals surface area contributed by atoms with Crippen LogP contribution in [0.1, 0.15) is 74.2 Å². The predicted molar refractivity (Wildman–Crippen MR) is 99.2 cm³/mol. The summed E-state index contributed by atoms with van der Waals surface area (Å²) in [4.78, 5) is 18.2. The van der Waals surface area contributed by atoms with E-state index in [1.165, 1.54) is 6.07 Å². The highest BCUT2D eigenvalue weighted by molar-refractivity contribution is 5.94. The highest BCUT2D eigenvalue weighted by Crippen LogP contribution is 2.41. The van der Waals surface area contributed by atoms with Crippen molar-refractivity contribution in [2.75, 3.05) is 0 Å². The molecule has 2 aromatic rings. The SMILES string of the molecule is CC(C)(C)c1cn(C2CC3CCC(C2)N3C(=O)c2ccc(C(F)(F)F)nc2)nn1. The highest BCUT2D eigenvalue weighted by Gasteiger charge is 2.44. The first-order valence-corrected chi connectivity index (χ1v) is 9.82. The summed E-state index contributed by atoms with van der Waals surface area (Å²) in [5.41, 5.74) is 0.0589. The summed E-state index contributed by atoms with van der Waals surface area (Å²) in [6.07, 6.45) is 1.82. The molecule has 2 atom stereocenters. The van der Waals surface area contributed by atoms with Crippen molar-refractivity contribution in [2.24, 2.45) is 0 Å². The highest BCUT2D eigenvalue weighted by atomic mass is 19.4. The molecule has 2 fully saturated rings. The second kappa shape index (κ2) is 6.81. The molecule has 2 aliphatic rings. The number of hydrogen-bond donors (Lipinski definition) is 0. The number of alkyl halides is 3. The Morgan fingerprint density at radius 2 is 1.69 bits per heavy atom. The van der Waals surface area contributed by atoms with Gasteiger partial charge in [-0.25, -0.2) is 4.68 Å². The van der Waals surface area contributed by atoms with Crippen LogP contribution in [0.4, 0.5) is 13.2 Å². The Balaban J connectivity index is 1.49. The lowest BCUT2D eigenvalue weighted by Gasteiger charge is -2.38. The maximum absolute atomic E-state index is 13.0. The fourth-order valence-corrected chi connectivity index (χ4v) is 4.33. The molecule has 1 amide bonds. The fraction of sp³-hybridized carbons (Fsp3) is 0.600. The monoisotopic (exact) mass is 407 g/mol. The number of rotatable bonds is 2. The number of halogens is 3. The van der Waals surface area contributed by atoms with Crippen LogP contribution in [0.2, 0.25) is 0 Å². The van der Waals surface area contributed by atoms with E-state index in [0.29, 0.717) is 0 Å². The van der Waals surface area contributed by atoms with Gasteiger partial charge in [0, 0.05) is 29.9 Å². The van der Waals surface area contributed by atoms with E-state index in [1.807, 2.05) is 15.8 Å². The third kappa shape index (κ3) is 3.74. The van der Waals surface area contributed by atoms with Crippen molar-refractivity contribution in [3.63, 3.8) is 0 Å². The van der Waals surface area contributed by atoms with Gasteiger partial charge >= 0.3 is 6.18 Å². The Hall–Kier alpha value is -2.45. The number of amides is 1. The molecule has 156 valence electrons. The molecule has 2 aromatic heterocycles. The molecule has 4 heterocycles. The van der Waals surface area contributed by atoms with Crippen LogP contribution in [0.3, 0.4) is 0 Å². The van der Waals surface area contributed by atoms with E-state index in [-0.39, 0.29) is 35.0 Å². The Kier molecular flexibility index (Phi) is 4.66. The number of pyridine rings is 1. The molecule has 4 rings (SSSR count). The van der Waals surface area contributed by atoms with Crippen LogP contribution in [0.25, 0.3) is 0 Å². The Labute approximate surface area is 167 Å². The van der Waals surface area contributed by atoms with Crippen LogP contribution in [0.5, 0.6) is 0 Å². The molecule has 0 aromatic carbocycles. The second-order valence-corrected chi connectivity index (χ2v) is 8.99. The molecule has 0 saturated carbocycles. The maximum Gasteiger partial charge on any atom is 0.433 e. The number of carbonyl (C=O) groups excluding carboxylic acids is 1. The lowest BCUT2D eigenvalue weighted by Crippen LogP contribution is -2.47. The lowest BCUT2D eigenvalue weighted by atomic mass is 9.93. The lowest BCUT2D eigenvalue weighted by molar-refractivity contribution is -0.141. The van der Waals surface area contributed by atoms with Crippen molar-refractivity contribution < 1.29 is 18.0 Å². The van der Waals surface area contributed by atoms with Gasteiger partial charge in [-0.1, -0.05) is 26.0 Å². The van der Waals surface area contributed by atoms with Crippen LogP contribution in [-0.4, -0.2) is 42.9 Å². The average molecular weight is 407 g/mol. The van der Waals surface area contributed by atoms with Crippen LogP contribution in [0.15, 0.2) is 24.5 Å². The Morgan fingerprint density at radius 3 is 2.17 bits per heavy atom. The van der Waals surface area contributed by atoms with Crippen molar-refractivity contribution in [2.45, 2.75) is 76.2 Å². The number of fused-ring (bicyclic) bond motifs is 2. The van der Waals surface area contributed by atoms with Gasteiger partial charge in [-0.15, -0.1) is 5.10 Å². The molecule has 0 aliphatic carbocycles. The molecule has 6 nitrogen and oxygen atoms in total. The number of aromatic nitrogens is 4. The topological polar surface area (TPSA) is 63.9 Å². The van der Waals surface area contributed by atoms with Gasteiger partial charge in [-0.3, -0.25) is 9.78 Å². The van der Waals surface area contributed by atoms with E-state index in [0.717, 1.165) is 43.6 Å². The summed E-state index contributed by atoms with van der Waals surface area (Å²) in [6, 6.07) is 2.36. The summed E-state index contributed by atoms with van der Waals surface area (Å²) in [6.45, 7) is 6.26. The van der Waals surface area contributed by atoms with Gasteiger partial charge in [0.25, 0.3) is 5.91 Å². The van der Waals surface area contributed by atoms with E-state index in [1.54, 1.807) is 0 Å². The second-order valence-electron chi connectivity index (χ2n) is 8.99. The molecule has 2 aliphatic heterocycles. The zero-order valence-corrected chi connectivity index (χ0v) is 16.6. The summed E-state index contributed by atoms with van der Waals surface area (Å²) in [5, 5.41) is 8.61. The van der Waals surface area contributed by atoms with Crippen molar-refractivity contribution >= 4 is 5.91 Å². The predicted octanol–water partition coefficient (Wildman–Crippen LogP) is 4.00. The van der Waals surface area contributed by atoms with E-state index in [2.05, 4.69) is 36.1 Å². The normalized spacial score (nSPS) is 24.8. The first-order valence-electron chi connectivity index (χ1n) is 9.82. The fourth-order valence-electron chi connectivity index (χ4n) is 4.33. The summed E-state index contributed by atoms with van der Waals surface area (Å²) < 4.78 is 40.1. The minimum Gasteiger partial charge on any atom is -0.332 e. The van der Waals surface area contributed by atoms with Crippen LogP contribution >= 0.6 is 0 Å². The number of carbonyl (C=O) groups is 1. The molecule has 2 bridgehead atoms. The van der Waals surface area contributed by atoms with Crippen LogP contribution in [0, 0.1) is 0 Å². The molecule has 2 saturated heterocycles. The van der Waals surface area contributed by atoms with Crippen molar-refractivity contribution in [1.82, 2.24) is 24.9 Å². The van der Waals surface area contributed by atoms with Gasteiger partial charge < -0.3 is 4.90 Å². The van der Waals surface area contributed by atoms with Crippen molar-refractivity contribution in [1.29, 1.82) is 0 Å². The van der Waals surface area contributed by atoms with Gasteiger partial charge in [0.2, 0.25) is 0 Å². The quantitative estimate of drug-likeness (QED) is 0.755. The zero-order chi connectivity index (χ0) is 21.0. The van der Waals surface area contributed by atoms with E-state index >= 15 is 0 Å². The molecular weight excluding hydrogens is 383 g/mol. The van der Waals surface area contributed by atoms with Gasteiger partial charge in [0.1, 0.15) is 5.69 Å². The van der Waals surface area contributed by atoms with Crippen LogP contribution in [-0.2, 0) is 11.6 Å². The van der Waals surface area contributed by atoms with Gasteiger partial charge in [-0.05, 0) is 37.8 Å². The first-order chi connectivity index (χ1) is 13.5. The van der Waals surface area contributed by atoms with Crippen molar-refractivity contribution in [3.8, 4) is 0 Å². The van der Waals surface area contributed by atoms with E-state index < -0.39 is 11.9 Å². The molecule has 29 heavy (non-hydrogen) atoms. The molecular formula is C20H24F3N5O. The number of hydrogen-bond acceptors (Lipinski definition) is 4. The maximum atomic E-state index is 13.0. The number of nitrogens with zero attached hydrogens (tertiary/aromatic N) is 5. The van der Waals surface area contributed by atoms with E-state index in [9.17, 15) is 18.0 Å². The third-order valence-corrected chi connectivity index (χ3v) is 5.90. The molecule has 2 unspecified atom stereocenters. The molecule has 0 radical (unpaired) electrons. The smallest absolute Gasteiger partial charge is 0.332 e. The van der Waals surface area contributed by atoms with Crippen LogP contribution < -0.4 is 0 Å². The molecule has 0 N–H and O–H groups in total. The largest absolute Gasteiger partial charge is 0.433 e. The summed E-state index contributed by atoms with van der Waals surface area (Å²) >= 11 is 0. The zero-order valence-electron chi connectivity index (χ0n) is 16.6. The molecule has 9 heteroatoms. The Morgan fingerprint density at radius 1 is 1.03 bits per heavy atom.